The molecule has 8 aromatic rings. The van der Waals surface area contributed by atoms with Crippen molar-refractivity contribution in [3.05, 3.63) is 131 Å². The van der Waals surface area contributed by atoms with Crippen molar-refractivity contribution >= 4 is 66.4 Å². The minimum absolute atomic E-state index is 0.171. The van der Waals surface area contributed by atoms with E-state index in [4.69, 9.17) is 31.6 Å². The van der Waals surface area contributed by atoms with E-state index >= 15 is 0 Å². The van der Waals surface area contributed by atoms with E-state index in [1.54, 1.807) is 0 Å². The second-order valence-corrected chi connectivity index (χ2v) is 17.9. The number of nitrogen functional groups attached to an aromatic ring is 2. The molecule has 0 aliphatic rings. The summed E-state index contributed by atoms with van der Waals surface area (Å²) in [6, 6.07) is 35.6. The number of hydrogen-bond acceptors (Lipinski definition) is 16. The third-order valence-electron chi connectivity index (χ3n) is 12.8. The lowest BCUT2D eigenvalue weighted by atomic mass is 9.93. The number of nitrogens with zero attached hydrogens (tertiary/aromatic N) is 2. The molecule has 16 N–H and O–H groups in total. The molecule has 0 radical (unpaired) electrons. The van der Waals surface area contributed by atoms with E-state index in [1.807, 2.05) is 113 Å². The number of nitrogens with one attached hydrogen (secondary N) is 2. The van der Waals surface area contributed by atoms with Gasteiger partial charge in [-0.25, -0.2) is 9.97 Å². The van der Waals surface area contributed by atoms with Gasteiger partial charge in [0, 0.05) is 68.5 Å². The van der Waals surface area contributed by atoms with E-state index in [0.29, 0.717) is 22.4 Å². The fraction of sp³-hybridized carbons (Fsp3) is 0.296. The van der Waals surface area contributed by atoms with Crippen LogP contribution >= 0.6 is 0 Å². The van der Waals surface area contributed by atoms with Crippen LogP contribution in [0.25, 0.3) is 65.9 Å². The maximum atomic E-state index is 10.5. The molecule has 8 atom stereocenters. The van der Waals surface area contributed by atoms with Gasteiger partial charge in [0.05, 0.1) is 47.5 Å². The molecule has 368 valence electrons. The highest BCUT2D eigenvalue weighted by atomic mass is 16.4. The highest BCUT2D eigenvalue weighted by Crippen LogP contribution is 2.40. The van der Waals surface area contributed by atoms with Crippen LogP contribution in [0.4, 0.5) is 22.7 Å². The first kappa shape index (κ1) is 51.3. The zero-order chi connectivity index (χ0) is 50.6. The number of benzene rings is 6. The molecule has 0 spiro atoms. The van der Waals surface area contributed by atoms with E-state index in [0.717, 1.165) is 88.5 Å². The Hall–Kier alpha value is -6.54. The number of anilines is 4. The first-order chi connectivity index (χ1) is 33.4. The predicted molar refractivity (Wildman–Crippen MR) is 276 cm³/mol. The van der Waals surface area contributed by atoms with Crippen molar-refractivity contribution in [2.75, 3.05) is 48.4 Å². The number of aromatic nitrogens is 2. The van der Waals surface area contributed by atoms with Gasteiger partial charge in [-0.2, -0.15) is 0 Å². The predicted octanol–water partition coefficient (Wildman–Crippen LogP) is 4.20. The molecule has 0 aliphatic heterocycles. The second-order valence-electron chi connectivity index (χ2n) is 17.9. The monoisotopic (exact) mass is 954 g/mol. The third-order valence-corrected chi connectivity index (χ3v) is 12.8. The summed E-state index contributed by atoms with van der Waals surface area (Å²) in [6.45, 7) is 5.85. The maximum Gasteiger partial charge on any atom is 0.111 e. The van der Waals surface area contributed by atoms with Crippen molar-refractivity contribution in [3.63, 3.8) is 0 Å². The summed E-state index contributed by atoms with van der Waals surface area (Å²) >= 11 is 0. The van der Waals surface area contributed by atoms with Crippen LogP contribution in [-0.2, 0) is 0 Å². The van der Waals surface area contributed by atoms with Crippen molar-refractivity contribution in [2.24, 2.45) is 0 Å². The number of fused-ring (bicyclic) bond motifs is 4. The van der Waals surface area contributed by atoms with Crippen molar-refractivity contribution < 1.29 is 51.1 Å². The molecule has 8 unspecified atom stereocenters. The summed E-state index contributed by atoms with van der Waals surface area (Å²) in [5.41, 5.74) is 26.2. The van der Waals surface area contributed by atoms with Crippen LogP contribution in [0.5, 0.6) is 0 Å². The Balaban J connectivity index is 0.000000250. The van der Waals surface area contributed by atoms with Crippen LogP contribution in [0.15, 0.2) is 109 Å². The second kappa shape index (κ2) is 22.0. The first-order valence-electron chi connectivity index (χ1n) is 23.0. The third kappa shape index (κ3) is 10.9. The van der Waals surface area contributed by atoms with E-state index in [1.165, 1.54) is 0 Å². The summed E-state index contributed by atoms with van der Waals surface area (Å²) < 4.78 is 0. The number of nitrogens with two attached hydrogens (primary N) is 2. The summed E-state index contributed by atoms with van der Waals surface area (Å²) in [7, 11) is 0. The number of aliphatic hydroxyl groups excluding tert-OH is 10. The Kier molecular flexibility index (Phi) is 16.2. The lowest BCUT2D eigenvalue weighted by Gasteiger charge is -2.26. The van der Waals surface area contributed by atoms with Gasteiger partial charge >= 0.3 is 0 Å². The van der Waals surface area contributed by atoms with Gasteiger partial charge in [-0.1, -0.05) is 60.7 Å². The van der Waals surface area contributed by atoms with Crippen LogP contribution in [0.1, 0.15) is 22.3 Å². The van der Waals surface area contributed by atoms with Gasteiger partial charge in [-0.3, -0.25) is 0 Å². The maximum absolute atomic E-state index is 10.5. The van der Waals surface area contributed by atoms with Crippen molar-refractivity contribution in [1.82, 2.24) is 9.97 Å². The molecular formula is C54H62N6O10. The molecule has 0 amide bonds. The van der Waals surface area contributed by atoms with Gasteiger partial charge < -0.3 is 73.2 Å². The van der Waals surface area contributed by atoms with Crippen LogP contribution < -0.4 is 22.1 Å². The van der Waals surface area contributed by atoms with Gasteiger partial charge in [0.15, 0.2) is 0 Å². The van der Waals surface area contributed by atoms with Gasteiger partial charge in [0.1, 0.15) is 36.6 Å². The molecule has 0 bridgehead atoms. The largest absolute Gasteiger partial charge is 0.398 e. The van der Waals surface area contributed by atoms with Gasteiger partial charge in [-0.15, -0.1) is 0 Å². The molecule has 2 aromatic heterocycles. The zero-order valence-corrected chi connectivity index (χ0v) is 39.4. The first-order valence-corrected chi connectivity index (χ1v) is 23.0. The molecule has 0 saturated heterocycles. The SMILES string of the molecule is Cc1cc2nc3cc(C)c(N)cc3c(-c3ccccc3)c2cc1N.Cc1cc2nc3cc(C)c(NCC(O)C(O)C(O)C(O)CO)cc3c(-c3ccccc3)c2cc1NCC(O)C(O)C(O)C(O)CO. The molecule has 0 aliphatic carbocycles. The minimum Gasteiger partial charge on any atom is -0.398 e. The number of aliphatic hydroxyl groups is 10. The van der Waals surface area contributed by atoms with E-state index in [2.05, 4.69) is 34.9 Å². The molecule has 16 nitrogen and oxygen atoms in total. The van der Waals surface area contributed by atoms with Gasteiger partial charge in [0.2, 0.25) is 0 Å². The number of hydrogen-bond donors (Lipinski definition) is 14. The van der Waals surface area contributed by atoms with Crippen molar-refractivity contribution in [3.8, 4) is 22.3 Å². The average Bonchev–Trinajstić information content (AvgIpc) is 3.36. The Morgan fingerprint density at radius 1 is 0.414 bits per heavy atom. The highest BCUT2D eigenvalue weighted by Gasteiger charge is 2.31. The Labute approximate surface area is 404 Å². The number of aryl methyl sites for hydroxylation is 4. The summed E-state index contributed by atoms with van der Waals surface area (Å²) in [5.74, 6) is 0. The number of pyridine rings is 2. The van der Waals surface area contributed by atoms with E-state index in [-0.39, 0.29) is 13.1 Å². The average molecular weight is 955 g/mol. The molecule has 2 heterocycles. The molecule has 6 aromatic carbocycles. The van der Waals surface area contributed by atoms with Crippen LogP contribution in [0, 0.1) is 27.7 Å². The fourth-order valence-electron chi connectivity index (χ4n) is 8.53. The Morgan fingerprint density at radius 3 is 1.04 bits per heavy atom. The van der Waals surface area contributed by atoms with Crippen molar-refractivity contribution in [2.45, 2.75) is 76.5 Å². The van der Waals surface area contributed by atoms with Crippen LogP contribution in [-0.4, -0.2) is 136 Å². The van der Waals surface area contributed by atoms with E-state index in [9.17, 15) is 40.9 Å². The van der Waals surface area contributed by atoms with E-state index < -0.39 is 62.0 Å². The standard InChI is InChI=1S/C33H43N3O10.C21H19N3/c1-16-8-23-19(10-21(16)34-12-25(39)30(43)32(45)27(41)14-37)29(18-6-4-3-5-7-18)20-11-22(17(2)9-24(20)36-23)35-13-26(40)31(44)33(46)28(42)15-38;1-12-8-19-15(10-17(12)22)21(14-6-4-3-5-7-14)16-11-18(23)13(2)9-20(16)24-19/h3-11,25-28,30-35,37-46H,12-15H2,1-2H3;3-11H,22-23H2,1-2H3. The molecule has 70 heavy (non-hydrogen) atoms. The fourth-order valence-corrected chi connectivity index (χ4v) is 8.53. The van der Waals surface area contributed by atoms with Crippen molar-refractivity contribution in [1.29, 1.82) is 0 Å². The summed E-state index contributed by atoms with van der Waals surface area (Å²) in [4.78, 5) is 9.77. The van der Waals surface area contributed by atoms with Crippen LogP contribution in [0.3, 0.4) is 0 Å². The minimum atomic E-state index is -1.74. The Morgan fingerprint density at radius 2 is 0.714 bits per heavy atom. The number of rotatable bonds is 16. The molecule has 8 rings (SSSR count). The normalized spacial score (nSPS) is 15.2. The van der Waals surface area contributed by atoms with Gasteiger partial charge in [-0.05, 0) is 110 Å². The zero-order valence-electron chi connectivity index (χ0n) is 39.4. The molecule has 16 heteroatoms. The smallest absolute Gasteiger partial charge is 0.111 e. The molecular weight excluding hydrogens is 893 g/mol. The lowest BCUT2D eigenvalue weighted by Crippen LogP contribution is -2.48. The summed E-state index contributed by atoms with van der Waals surface area (Å²) in [5, 5.41) is 109. The molecule has 0 fully saturated rings. The lowest BCUT2D eigenvalue weighted by molar-refractivity contribution is -0.111. The topological polar surface area (TPSA) is 304 Å². The quantitative estimate of drug-likeness (QED) is 0.0477. The Bertz CT molecular complexity index is 2950. The summed E-state index contributed by atoms with van der Waals surface area (Å²) in [6.07, 6.45) is -13.1. The van der Waals surface area contributed by atoms with Gasteiger partial charge in [0.25, 0.3) is 0 Å². The molecule has 0 saturated carbocycles. The highest BCUT2D eigenvalue weighted by molar-refractivity contribution is 6.12. The van der Waals surface area contributed by atoms with Crippen LogP contribution in [0.2, 0.25) is 0 Å².